The number of rotatable bonds is 2. The zero-order valence-corrected chi connectivity index (χ0v) is 10.9. The molecule has 0 spiro atoms. The summed E-state index contributed by atoms with van der Waals surface area (Å²) >= 11 is 0. The number of hydrogen-bond donors (Lipinski definition) is 1. The third-order valence-electron chi connectivity index (χ3n) is 2.21. The molecule has 0 aromatic heterocycles. The lowest BCUT2D eigenvalue weighted by Gasteiger charge is -2.20. The third kappa shape index (κ3) is 3.40. The number of nitrogens with zero attached hydrogens (tertiary/aromatic N) is 3. The fourth-order valence-corrected chi connectivity index (χ4v) is 1.33. The van der Waals surface area contributed by atoms with Gasteiger partial charge in [0.2, 0.25) is 0 Å². The van der Waals surface area contributed by atoms with E-state index < -0.39 is 11.6 Å². The van der Waals surface area contributed by atoms with Crippen LogP contribution in [-0.2, 0) is 4.74 Å². The maximum atomic E-state index is 11.9. The summed E-state index contributed by atoms with van der Waals surface area (Å²) in [4.78, 5) is 14.6. The summed E-state index contributed by atoms with van der Waals surface area (Å²) in [6.45, 7) is 7.04. The van der Waals surface area contributed by atoms with Gasteiger partial charge in [-0.3, -0.25) is 0 Å². The zero-order chi connectivity index (χ0) is 13.9. The Bertz CT molecular complexity index is 526. The number of hydrogen-bond acceptors (Lipinski definition) is 4. The molecule has 6 nitrogen and oxygen atoms in total. The predicted octanol–water partition coefficient (Wildman–Crippen LogP) is 3.47. The number of esters is 1. The first-order valence-corrected chi connectivity index (χ1v) is 5.43. The Balaban J connectivity index is 3.19. The fourth-order valence-electron chi connectivity index (χ4n) is 1.33. The molecule has 2 N–H and O–H groups in total. The second-order valence-corrected chi connectivity index (χ2v) is 4.90. The van der Waals surface area contributed by atoms with Crippen LogP contribution >= 0.6 is 0 Å². The Kier molecular flexibility index (Phi) is 3.83. The van der Waals surface area contributed by atoms with E-state index in [0.717, 1.165) is 0 Å². The second-order valence-electron chi connectivity index (χ2n) is 4.90. The van der Waals surface area contributed by atoms with E-state index in [1.807, 2.05) is 0 Å². The van der Waals surface area contributed by atoms with Crippen LogP contribution in [0.15, 0.2) is 17.2 Å². The zero-order valence-electron chi connectivity index (χ0n) is 10.9. The van der Waals surface area contributed by atoms with Gasteiger partial charge in [-0.05, 0) is 50.9 Å². The van der Waals surface area contributed by atoms with Crippen LogP contribution in [0.4, 0.5) is 11.4 Å². The summed E-state index contributed by atoms with van der Waals surface area (Å²) in [5.41, 5.74) is 15.3. The van der Waals surface area contributed by atoms with Crippen LogP contribution in [0, 0.1) is 6.92 Å². The molecule has 0 bridgehead atoms. The van der Waals surface area contributed by atoms with Crippen molar-refractivity contribution in [3.8, 4) is 0 Å². The van der Waals surface area contributed by atoms with Crippen LogP contribution in [0.2, 0.25) is 0 Å². The van der Waals surface area contributed by atoms with E-state index >= 15 is 0 Å². The van der Waals surface area contributed by atoms with Crippen molar-refractivity contribution in [2.45, 2.75) is 33.3 Å². The Morgan fingerprint density at radius 2 is 2.06 bits per heavy atom. The van der Waals surface area contributed by atoms with Crippen molar-refractivity contribution >= 4 is 17.3 Å². The van der Waals surface area contributed by atoms with Crippen molar-refractivity contribution in [3.63, 3.8) is 0 Å². The highest BCUT2D eigenvalue weighted by atomic mass is 16.6. The summed E-state index contributed by atoms with van der Waals surface area (Å²) in [5.74, 6) is -0.497. The SMILES string of the molecule is Cc1c(N)cc(C(=O)OC(C)(C)C)cc1N=[N+]=[N-]. The monoisotopic (exact) mass is 248 g/mol. The molecule has 0 unspecified atom stereocenters. The van der Waals surface area contributed by atoms with Gasteiger partial charge in [-0.15, -0.1) is 0 Å². The lowest BCUT2D eigenvalue weighted by atomic mass is 10.1. The Hall–Kier alpha value is -2.20. The van der Waals surface area contributed by atoms with Gasteiger partial charge >= 0.3 is 5.97 Å². The van der Waals surface area contributed by atoms with Gasteiger partial charge in [0.25, 0.3) is 0 Å². The summed E-state index contributed by atoms with van der Waals surface area (Å²) < 4.78 is 5.22. The molecule has 1 aromatic rings. The number of azide groups is 1. The molecule has 18 heavy (non-hydrogen) atoms. The molecule has 1 aromatic carbocycles. The minimum atomic E-state index is -0.588. The molecule has 0 fully saturated rings. The molecule has 0 saturated heterocycles. The van der Waals surface area contributed by atoms with Gasteiger partial charge in [0.05, 0.1) is 5.56 Å². The standard InChI is InChI=1S/C12H16N4O2/c1-7-9(13)5-8(6-10(7)15-16-14)11(17)18-12(2,3)4/h5-6H,13H2,1-4H3. The number of nitrogens with two attached hydrogens (primary N) is 1. The average Bonchev–Trinajstić information content (AvgIpc) is 2.22. The number of ether oxygens (including phenoxy) is 1. The van der Waals surface area contributed by atoms with E-state index in [1.165, 1.54) is 12.1 Å². The minimum absolute atomic E-state index is 0.274. The van der Waals surface area contributed by atoms with Crippen LogP contribution in [0.3, 0.4) is 0 Å². The van der Waals surface area contributed by atoms with E-state index in [4.69, 9.17) is 16.0 Å². The number of carbonyl (C=O) groups excluding carboxylic acids is 1. The normalized spacial score (nSPS) is 10.7. The Morgan fingerprint density at radius 1 is 1.44 bits per heavy atom. The Morgan fingerprint density at radius 3 is 2.56 bits per heavy atom. The molecule has 0 heterocycles. The third-order valence-corrected chi connectivity index (χ3v) is 2.21. The molecule has 0 atom stereocenters. The highest BCUT2D eigenvalue weighted by Crippen LogP contribution is 2.27. The van der Waals surface area contributed by atoms with E-state index in [1.54, 1.807) is 27.7 Å². The quantitative estimate of drug-likeness (QED) is 0.285. The summed E-state index contributed by atoms with van der Waals surface area (Å²) in [6, 6.07) is 2.99. The van der Waals surface area contributed by atoms with Gasteiger partial charge in [0, 0.05) is 16.3 Å². The minimum Gasteiger partial charge on any atom is -0.456 e. The predicted molar refractivity (Wildman–Crippen MR) is 69.6 cm³/mol. The van der Waals surface area contributed by atoms with Crippen LogP contribution in [0.1, 0.15) is 36.7 Å². The van der Waals surface area contributed by atoms with Crippen molar-refractivity contribution in [3.05, 3.63) is 33.7 Å². The average molecular weight is 248 g/mol. The van der Waals surface area contributed by atoms with Gasteiger partial charge in [-0.1, -0.05) is 5.11 Å². The van der Waals surface area contributed by atoms with E-state index in [2.05, 4.69) is 10.0 Å². The largest absolute Gasteiger partial charge is 0.456 e. The van der Waals surface area contributed by atoms with Crippen molar-refractivity contribution in [1.29, 1.82) is 0 Å². The van der Waals surface area contributed by atoms with E-state index in [-0.39, 0.29) is 5.56 Å². The topological polar surface area (TPSA) is 101 Å². The molecule has 0 saturated carbocycles. The molecule has 6 heteroatoms. The molecule has 0 aliphatic heterocycles. The van der Waals surface area contributed by atoms with Gasteiger partial charge in [-0.2, -0.15) is 0 Å². The van der Waals surface area contributed by atoms with E-state index in [0.29, 0.717) is 16.9 Å². The smallest absolute Gasteiger partial charge is 0.338 e. The van der Waals surface area contributed by atoms with Crippen LogP contribution in [0.5, 0.6) is 0 Å². The van der Waals surface area contributed by atoms with Gasteiger partial charge in [0.15, 0.2) is 0 Å². The highest BCUT2D eigenvalue weighted by Gasteiger charge is 2.19. The number of nitrogen functional groups attached to an aromatic ring is 1. The molecule has 0 aliphatic carbocycles. The molecule has 0 amide bonds. The van der Waals surface area contributed by atoms with Crippen molar-refractivity contribution in [2.24, 2.45) is 5.11 Å². The first kappa shape index (κ1) is 13.9. The van der Waals surface area contributed by atoms with E-state index in [9.17, 15) is 4.79 Å². The molecule has 1 rings (SSSR count). The summed E-state index contributed by atoms with van der Waals surface area (Å²) in [5, 5.41) is 3.50. The first-order valence-electron chi connectivity index (χ1n) is 5.43. The Labute approximate surface area is 105 Å². The van der Waals surface area contributed by atoms with Crippen LogP contribution in [0.25, 0.3) is 10.4 Å². The second kappa shape index (κ2) is 4.98. The molecule has 0 radical (unpaired) electrons. The summed E-state index contributed by atoms with van der Waals surface area (Å²) in [7, 11) is 0. The molecular weight excluding hydrogens is 232 g/mol. The van der Waals surface area contributed by atoms with Gasteiger partial charge < -0.3 is 10.5 Å². The van der Waals surface area contributed by atoms with Crippen LogP contribution in [-0.4, -0.2) is 11.6 Å². The lowest BCUT2D eigenvalue weighted by molar-refractivity contribution is 0.00696. The highest BCUT2D eigenvalue weighted by molar-refractivity contribution is 5.92. The molecule has 0 aliphatic rings. The van der Waals surface area contributed by atoms with Crippen molar-refractivity contribution in [1.82, 2.24) is 0 Å². The van der Waals surface area contributed by atoms with Gasteiger partial charge in [-0.25, -0.2) is 4.79 Å². The first-order chi connectivity index (χ1) is 8.24. The summed E-state index contributed by atoms with van der Waals surface area (Å²) in [6.07, 6.45) is 0. The molecule has 96 valence electrons. The number of carbonyl (C=O) groups is 1. The number of anilines is 1. The maximum absolute atomic E-state index is 11.9. The lowest BCUT2D eigenvalue weighted by Crippen LogP contribution is -2.24. The van der Waals surface area contributed by atoms with Gasteiger partial charge in [0.1, 0.15) is 5.60 Å². The number of benzene rings is 1. The molecular formula is C12H16N4O2. The van der Waals surface area contributed by atoms with Crippen LogP contribution < -0.4 is 5.73 Å². The van der Waals surface area contributed by atoms with Crippen molar-refractivity contribution < 1.29 is 9.53 Å². The van der Waals surface area contributed by atoms with Crippen molar-refractivity contribution in [2.75, 3.05) is 5.73 Å². The maximum Gasteiger partial charge on any atom is 0.338 e. The fraction of sp³-hybridized carbons (Fsp3) is 0.417.